The maximum Gasteiger partial charge on any atom is 0.306 e. The van der Waals surface area contributed by atoms with Crippen LogP contribution in [-0.4, -0.2) is 70.0 Å². The van der Waals surface area contributed by atoms with E-state index >= 15 is 0 Å². The number of phosphoric acid groups is 1. The van der Waals surface area contributed by atoms with E-state index in [1.807, 2.05) is 21.1 Å². The smallest absolute Gasteiger partial charge is 0.306 e. The van der Waals surface area contributed by atoms with Crippen LogP contribution in [0.15, 0.2) is 48.6 Å². The topological polar surface area (TPSA) is 111 Å². The molecule has 9 nitrogen and oxygen atoms in total. The summed E-state index contributed by atoms with van der Waals surface area (Å²) in [6.45, 7) is 4.08. The van der Waals surface area contributed by atoms with Crippen LogP contribution in [0, 0.1) is 0 Å². The van der Waals surface area contributed by atoms with Gasteiger partial charge in [0.2, 0.25) is 0 Å². The molecule has 0 saturated carbocycles. The lowest BCUT2D eigenvalue weighted by molar-refractivity contribution is -0.870. The summed E-state index contributed by atoms with van der Waals surface area (Å²) in [6.07, 6.45) is 53.3. The van der Waals surface area contributed by atoms with Crippen LogP contribution in [0.1, 0.15) is 219 Å². The first kappa shape index (κ1) is 60.0. The highest BCUT2D eigenvalue weighted by atomic mass is 31.2. The highest BCUT2D eigenvalue weighted by Crippen LogP contribution is 2.38. The minimum Gasteiger partial charge on any atom is -0.756 e. The van der Waals surface area contributed by atoms with Gasteiger partial charge in [-0.3, -0.25) is 14.2 Å². The van der Waals surface area contributed by atoms with Gasteiger partial charge in [0.15, 0.2) is 6.10 Å². The van der Waals surface area contributed by atoms with E-state index in [1.54, 1.807) is 0 Å². The molecule has 0 radical (unpaired) electrons. The third-order valence-corrected chi connectivity index (χ3v) is 11.8. The monoisotopic (exact) mass is 894 g/mol. The Balaban J connectivity index is 3.95. The zero-order valence-electron chi connectivity index (χ0n) is 40.8. The second-order valence-corrected chi connectivity index (χ2v) is 19.6. The molecule has 0 aliphatic carbocycles. The third kappa shape index (κ3) is 47.4. The van der Waals surface area contributed by atoms with Gasteiger partial charge in [-0.2, -0.15) is 0 Å². The number of carbonyl (C=O) groups is 2. The van der Waals surface area contributed by atoms with E-state index < -0.39 is 26.5 Å². The van der Waals surface area contributed by atoms with Gasteiger partial charge < -0.3 is 27.9 Å². The quantitative estimate of drug-likeness (QED) is 0.0195. The van der Waals surface area contributed by atoms with Crippen LogP contribution < -0.4 is 4.89 Å². The van der Waals surface area contributed by atoms with Gasteiger partial charge in [-0.15, -0.1) is 0 Å². The van der Waals surface area contributed by atoms with Gasteiger partial charge >= 0.3 is 11.9 Å². The van der Waals surface area contributed by atoms with E-state index in [2.05, 4.69) is 62.5 Å². The molecule has 2 atom stereocenters. The average molecular weight is 894 g/mol. The van der Waals surface area contributed by atoms with Crippen molar-refractivity contribution in [2.45, 2.75) is 225 Å². The number of quaternary nitrogens is 1. The molecular weight excluding hydrogens is 798 g/mol. The van der Waals surface area contributed by atoms with Crippen LogP contribution in [-0.2, 0) is 32.7 Å². The first-order valence-corrected chi connectivity index (χ1v) is 26.8. The van der Waals surface area contributed by atoms with E-state index in [0.29, 0.717) is 17.4 Å². The Morgan fingerprint density at radius 2 is 0.919 bits per heavy atom. The summed E-state index contributed by atoms with van der Waals surface area (Å²) in [4.78, 5) is 37.4. The van der Waals surface area contributed by atoms with Crippen LogP contribution in [0.4, 0.5) is 0 Å². The second-order valence-electron chi connectivity index (χ2n) is 18.2. The summed E-state index contributed by atoms with van der Waals surface area (Å²) in [5.74, 6) is -0.835. The zero-order valence-corrected chi connectivity index (χ0v) is 41.7. The molecule has 0 saturated heterocycles. The fourth-order valence-electron chi connectivity index (χ4n) is 6.94. The van der Waals surface area contributed by atoms with E-state index in [0.717, 1.165) is 64.2 Å². The predicted molar refractivity (Wildman–Crippen MR) is 259 cm³/mol. The largest absolute Gasteiger partial charge is 0.756 e. The average Bonchev–Trinajstić information content (AvgIpc) is 3.23. The Kier molecular flexibility index (Phi) is 42.7. The fourth-order valence-corrected chi connectivity index (χ4v) is 7.67. The maximum absolute atomic E-state index is 12.7. The minimum atomic E-state index is -4.62. The molecule has 0 rings (SSSR count). The summed E-state index contributed by atoms with van der Waals surface area (Å²) < 4.78 is 33.8. The van der Waals surface area contributed by atoms with Gasteiger partial charge in [0.05, 0.1) is 27.7 Å². The number of unbranched alkanes of at least 4 members (excludes halogenated alkanes) is 24. The molecule has 0 aromatic carbocycles. The van der Waals surface area contributed by atoms with Crippen LogP contribution in [0.25, 0.3) is 0 Å². The van der Waals surface area contributed by atoms with Gasteiger partial charge in [0.25, 0.3) is 7.82 Å². The fraction of sp³-hybridized carbons (Fsp3) is 0.808. The van der Waals surface area contributed by atoms with Crippen molar-refractivity contribution in [2.75, 3.05) is 47.5 Å². The van der Waals surface area contributed by atoms with Crippen LogP contribution in [0.3, 0.4) is 0 Å². The lowest BCUT2D eigenvalue weighted by Gasteiger charge is -2.28. The number of carbonyl (C=O) groups excluding carboxylic acids is 2. The van der Waals surface area contributed by atoms with Crippen molar-refractivity contribution < 1.29 is 42.1 Å². The minimum absolute atomic E-state index is 0.0295. The van der Waals surface area contributed by atoms with Crippen LogP contribution in [0.5, 0.6) is 0 Å². The lowest BCUT2D eigenvalue weighted by Crippen LogP contribution is -2.37. The maximum atomic E-state index is 12.7. The Hall–Kier alpha value is -2.03. The summed E-state index contributed by atoms with van der Waals surface area (Å²) in [5.41, 5.74) is 0. The van der Waals surface area contributed by atoms with Crippen molar-refractivity contribution in [3.05, 3.63) is 48.6 Å². The summed E-state index contributed by atoms with van der Waals surface area (Å²) in [7, 11) is 1.17. The van der Waals surface area contributed by atoms with Gasteiger partial charge in [0, 0.05) is 12.8 Å². The van der Waals surface area contributed by atoms with Crippen molar-refractivity contribution in [3.8, 4) is 0 Å². The van der Waals surface area contributed by atoms with Crippen molar-refractivity contribution in [2.24, 2.45) is 0 Å². The molecule has 0 N–H and O–H groups in total. The van der Waals surface area contributed by atoms with Crippen molar-refractivity contribution in [1.29, 1.82) is 0 Å². The standard InChI is InChI=1S/C52H96NO8P/c1-6-8-10-12-14-15-16-17-18-19-20-21-22-23-24-25-26-27-28-29-30-31-32-33-34-35-36-37-39-41-43-45-52(55)61-50(49-60-62(56,57)59-47-46-53(3,4)5)48-58-51(54)44-42-40-38-13-11-9-7-2/h8,10,14-15,17-18,20-21,50H,6-7,9,11-13,16,19,22-49H2,1-5H3/b10-8-,15-14-,18-17-,21-20-. The molecule has 0 aliphatic heterocycles. The molecule has 0 spiro atoms. The molecule has 362 valence electrons. The van der Waals surface area contributed by atoms with Crippen molar-refractivity contribution in [1.82, 2.24) is 0 Å². The molecule has 2 unspecified atom stereocenters. The van der Waals surface area contributed by atoms with E-state index in [4.69, 9.17) is 18.5 Å². The number of esters is 2. The number of allylic oxidation sites excluding steroid dienone is 8. The molecule has 0 aromatic heterocycles. The molecule has 0 bridgehead atoms. The van der Waals surface area contributed by atoms with Gasteiger partial charge in [-0.25, -0.2) is 0 Å². The Morgan fingerprint density at radius 1 is 0.516 bits per heavy atom. The number of phosphoric ester groups is 1. The molecule has 0 aliphatic rings. The molecule has 0 fully saturated rings. The van der Waals surface area contributed by atoms with Crippen molar-refractivity contribution in [3.63, 3.8) is 0 Å². The molecule has 10 heteroatoms. The highest BCUT2D eigenvalue weighted by Gasteiger charge is 2.21. The highest BCUT2D eigenvalue weighted by molar-refractivity contribution is 7.45. The first-order valence-electron chi connectivity index (χ1n) is 25.3. The Bertz CT molecular complexity index is 1190. The Morgan fingerprint density at radius 3 is 1.37 bits per heavy atom. The summed E-state index contributed by atoms with van der Waals surface area (Å²) in [6, 6.07) is 0. The van der Waals surface area contributed by atoms with Gasteiger partial charge in [-0.1, -0.05) is 204 Å². The molecular formula is C52H96NO8P. The second kappa shape index (κ2) is 44.2. The number of ether oxygens (including phenoxy) is 2. The van der Waals surface area contributed by atoms with E-state index in [-0.39, 0.29) is 32.0 Å². The summed E-state index contributed by atoms with van der Waals surface area (Å²) >= 11 is 0. The van der Waals surface area contributed by atoms with E-state index in [1.165, 1.54) is 122 Å². The zero-order chi connectivity index (χ0) is 45.7. The van der Waals surface area contributed by atoms with Crippen LogP contribution >= 0.6 is 7.82 Å². The number of likely N-dealkylation sites (N-methyl/N-ethyl adjacent to an activating group) is 1. The summed E-state index contributed by atoms with van der Waals surface area (Å²) in [5, 5.41) is 0. The SMILES string of the molecule is CC/C=C\C/C=C\C/C=C\C/C=C\CCCCCCCCCCCCCCCCCCCCC(=O)OC(COC(=O)CCCCCCCCC)COP(=O)([O-])OCC[N+](C)(C)C. The molecule has 62 heavy (non-hydrogen) atoms. The van der Waals surface area contributed by atoms with Crippen molar-refractivity contribution >= 4 is 19.8 Å². The van der Waals surface area contributed by atoms with Gasteiger partial charge in [0.1, 0.15) is 19.8 Å². The third-order valence-electron chi connectivity index (χ3n) is 10.9. The lowest BCUT2D eigenvalue weighted by atomic mass is 10.0. The predicted octanol–water partition coefficient (Wildman–Crippen LogP) is 14.4. The number of hydrogen-bond donors (Lipinski definition) is 0. The number of rotatable bonds is 46. The molecule has 0 amide bonds. The first-order chi connectivity index (χ1) is 30.0. The van der Waals surface area contributed by atoms with E-state index in [9.17, 15) is 19.0 Å². The normalized spacial score (nSPS) is 13.8. The number of nitrogens with zero attached hydrogens (tertiary/aromatic N) is 1. The van der Waals surface area contributed by atoms with Gasteiger partial charge in [-0.05, 0) is 51.4 Å². The van der Waals surface area contributed by atoms with Crippen LogP contribution in [0.2, 0.25) is 0 Å². The molecule has 0 aromatic rings. The Labute approximate surface area is 382 Å². The number of hydrogen-bond acceptors (Lipinski definition) is 8. The molecule has 0 heterocycles.